The lowest BCUT2D eigenvalue weighted by Gasteiger charge is -2.23. The summed E-state index contributed by atoms with van der Waals surface area (Å²) in [6, 6.07) is 6.39. The van der Waals surface area contributed by atoms with Crippen LogP contribution in [0, 0.1) is 12.8 Å². The van der Waals surface area contributed by atoms with Crippen molar-refractivity contribution in [2.75, 3.05) is 13.1 Å². The van der Waals surface area contributed by atoms with Crippen molar-refractivity contribution in [1.29, 1.82) is 0 Å². The standard InChI is InChI=1S/C13H18ClN/c1-10-4-5-12(13(14)7-10)8-11-3-2-6-15-9-11/h4-5,7,11,15H,2-3,6,8-9H2,1H3. The van der Waals surface area contributed by atoms with Gasteiger partial charge >= 0.3 is 0 Å². The molecule has 0 spiro atoms. The van der Waals surface area contributed by atoms with Crippen LogP contribution in [-0.4, -0.2) is 13.1 Å². The zero-order valence-electron chi connectivity index (χ0n) is 9.22. The van der Waals surface area contributed by atoms with Crippen LogP contribution in [0.3, 0.4) is 0 Å². The number of aryl methyl sites for hydroxylation is 1. The molecule has 1 nitrogen and oxygen atoms in total. The zero-order valence-corrected chi connectivity index (χ0v) is 9.98. The number of rotatable bonds is 2. The van der Waals surface area contributed by atoms with Gasteiger partial charge in [0.1, 0.15) is 0 Å². The summed E-state index contributed by atoms with van der Waals surface area (Å²) in [5.41, 5.74) is 2.54. The molecule has 0 saturated carbocycles. The summed E-state index contributed by atoms with van der Waals surface area (Å²) < 4.78 is 0. The molecule has 0 amide bonds. The lowest BCUT2D eigenvalue weighted by Crippen LogP contribution is -2.30. The Morgan fingerprint density at radius 1 is 1.47 bits per heavy atom. The van der Waals surface area contributed by atoms with Gasteiger partial charge in [0, 0.05) is 5.02 Å². The smallest absolute Gasteiger partial charge is 0.0440 e. The van der Waals surface area contributed by atoms with Crippen molar-refractivity contribution in [2.45, 2.75) is 26.2 Å². The van der Waals surface area contributed by atoms with Gasteiger partial charge < -0.3 is 5.32 Å². The van der Waals surface area contributed by atoms with Crippen LogP contribution < -0.4 is 5.32 Å². The van der Waals surface area contributed by atoms with Crippen LogP contribution in [0.15, 0.2) is 18.2 Å². The molecule has 1 aromatic rings. The molecule has 1 heterocycles. The normalized spacial score (nSPS) is 21.6. The molecule has 0 aliphatic carbocycles. The molecule has 1 atom stereocenters. The third-order valence-corrected chi connectivity index (χ3v) is 3.47. The Kier molecular flexibility index (Phi) is 3.66. The number of hydrogen-bond acceptors (Lipinski definition) is 1. The summed E-state index contributed by atoms with van der Waals surface area (Å²) >= 11 is 6.23. The average molecular weight is 224 g/mol. The molecule has 1 unspecified atom stereocenters. The minimum Gasteiger partial charge on any atom is -0.316 e. The maximum atomic E-state index is 6.23. The van der Waals surface area contributed by atoms with E-state index in [-0.39, 0.29) is 0 Å². The Hall–Kier alpha value is -0.530. The topological polar surface area (TPSA) is 12.0 Å². The summed E-state index contributed by atoms with van der Waals surface area (Å²) in [6.45, 7) is 4.40. The summed E-state index contributed by atoms with van der Waals surface area (Å²) in [5, 5.41) is 4.37. The number of halogens is 1. The van der Waals surface area contributed by atoms with Gasteiger partial charge in [-0.1, -0.05) is 23.7 Å². The second kappa shape index (κ2) is 5.00. The highest BCUT2D eigenvalue weighted by Crippen LogP contribution is 2.23. The van der Waals surface area contributed by atoms with E-state index in [4.69, 9.17) is 11.6 Å². The molecule has 2 heteroatoms. The number of nitrogens with one attached hydrogen (secondary N) is 1. The van der Waals surface area contributed by atoms with E-state index in [1.54, 1.807) is 0 Å². The second-order valence-electron chi connectivity index (χ2n) is 4.51. The highest BCUT2D eigenvalue weighted by atomic mass is 35.5. The van der Waals surface area contributed by atoms with Gasteiger partial charge in [0.05, 0.1) is 0 Å². The third-order valence-electron chi connectivity index (χ3n) is 3.12. The number of piperidine rings is 1. The fraction of sp³-hybridized carbons (Fsp3) is 0.538. The minimum absolute atomic E-state index is 0.763. The van der Waals surface area contributed by atoms with Crippen LogP contribution >= 0.6 is 11.6 Å². The molecule has 1 aliphatic heterocycles. The maximum absolute atomic E-state index is 6.23. The summed E-state index contributed by atoms with van der Waals surface area (Å²) in [7, 11) is 0. The van der Waals surface area contributed by atoms with E-state index in [9.17, 15) is 0 Å². The van der Waals surface area contributed by atoms with Crippen LogP contribution in [0.2, 0.25) is 5.02 Å². The molecule has 1 saturated heterocycles. The first kappa shape index (κ1) is 11.0. The van der Waals surface area contributed by atoms with Crippen molar-refractivity contribution in [3.05, 3.63) is 34.3 Å². The third kappa shape index (κ3) is 2.96. The van der Waals surface area contributed by atoms with Crippen molar-refractivity contribution in [1.82, 2.24) is 5.32 Å². The molecule has 2 rings (SSSR count). The maximum Gasteiger partial charge on any atom is 0.0440 e. The molecule has 15 heavy (non-hydrogen) atoms. The average Bonchev–Trinajstić information content (AvgIpc) is 2.24. The van der Waals surface area contributed by atoms with Crippen molar-refractivity contribution >= 4 is 11.6 Å². The predicted octanol–water partition coefficient (Wildman–Crippen LogP) is 3.19. The molecule has 0 aromatic heterocycles. The van der Waals surface area contributed by atoms with Gasteiger partial charge in [0.25, 0.3) is 0 Å². The molecular weight excluding hydrogens is 206 g/mol. The van der Waals surface area contributed by atoms with E-state index < -0.39 is 0 Å². The molecule has 1 aliphatic rings. The highest BCUT2D eigenvalue weighted by Gasteiger charge is 2.14. The lowest BCUT2D eigenvalue weighted by molar-refractivity contribution is 0.376. The predicted molar refractivity (Wildman–Crippen MR) is 65.5 cm³/mol. The Morgan fingerprint density at radius 2 is 2.33 bits per heavy atom. The van der Waals surface area contributed by atoms with Crippen LogP contribution in [0.1, 0.15) is 24.0 Å². The first-order valence-electron chi connectivity index (χ1n) is 5.71. The molecule has 0 bridgehead atoms. The molecule has 1 N–H and O–H groups in total. The van der Waals surface area contributed by atoms with E-state index in [1.165, 1.54) is 30.5 Å². The summed E-state index contributed by atoms with van der Waals surface area (Å²) in [6.07, 6.45) is 3.75. The Morgan fingerprint density at radius 3 is 3.00 bits per heavy atom. The van der Waals surface area contributed by atoms with Gasteiger partial charge in [-0.15, -0.1) is 0 Å². The fourth-order valence-corrected chi connectivity index (χ4v) is 2.54. The molecule has 1 fully saturated rings. The monoisotopic (exact) mass is 223 g/mol. The molecular formula is C13H18ClN. The summed E-state index contributed by atoms with van der Waals surface area (Å²) in [4.78, 5) is 0. The van der Waals surface area contributed by atoms with E-state index >= 15 is 0 Å². The highest BCUT2D eigenvalue weighted by molar-refractivity contribution is 6.31. The van der Waals surface area contributed by atoms with E-state index in [1.807, 2.05) is 0 Å². The van der Waals surface area contributed by atoms with Gasteiger partial charge in [0.2, 0.25) is 0 Å². The SMILES string of the molecule is Cc1ccc(CC2CCCNC2)c(Cl)c1. The van der Waals surface area contributed by atoms with Crippen molar-refractivity contribution in [2.24, 2.45) is 5.92 Å². The van der Waals surface area contributed by atoms with E-state index in [0.717, 1.165) is 23.9 Å². The number of benzene rings is 1. The van der Waals surface area contributed by atoms with Crippen LogP contribution in [-0.2, 0) is 6.42 Å². The molecule has 0 radical (unpaired) electrons. The molecule has 1 aromatic carbocycles. The van der Waals surface area contributed by atoms with Crippen LogP contribution in [0.25, 0.3) is 0 Å². The molecule has 82 valence electrons. The van der Waals surface area contributed by atoms with Gasteiger partial charge in [-0.2, -0.15) is 0 Å². The van der Waals surface area contributed by atoms with Gasteiger partial charge in [0.15, 0.2) is 0 Å². The summed E-state index contributed by atoms with van der Waals surface area (Å²) in [5.74, 6) is 0.763. The van der Waals surface area contributed by atoms with Crippen molar-refractivity contribution in [3.8, 4) is 0 Å². The fourth-order valence-electron chi connectivity index (χ4n) is 2.23. The van der Waals surface area contributed by atoms with Crippen LogP contribution in [0.4, 0.5) is 0 Å². The van der Waals surface area contributed by atoms with Gasteiger partial charge in [-0.25, -0.2) is 0 Å². The van der Waals surface area contributed by atoms with Gasteiger partial charge in [-0.3, -0.25) is 0 Å². The van der Waals surface area contributed by atoms with Crippen LogP contribution in [0.5, 0.6) is 0 Å². The first-order chi connectivity index (χ1) is 7.25. The quantitative estimate of drug-likeness (QED) is 0.812. The lowest BCUT2D eigenvalue weighted by atomic mass is 9.92. The Bertz CT molecular complexity index is 329. The zero-order chi connectivity index (χ0) is 10.7. The Balaban J connectivity index is 2.03. The van der Waals surface area contributed by atoms with Crippen molar-refractivity contribution < 1.29 is 0 Å². The minimum atomic E-state index is 0.763. The first-order valence-corrected chi connectivity index (χ1v) is 6.09. The number of hydrogen-bond donors (Lipinski definition) is 1. The van der Waals surface area contributed by atoms with E-state index in [0.29, 0.717) is 0 Å². The van der Waals surface area contributed by atoms with E-state index in [2.05, 4.69) is 30.4 Å². The Labute approximate surface area is 96.8 Å². The largest absolute Gasteiger partial charge is 0.316 e. The second-order valence-corrected chi connectivity index (χ2v) is 4.92. The van der Waals surface area contributed by atoms with Gasteiger partial charge in [-0.05, 0) is 62.4 Å². The van der Waals surface area contributed by atoms with Crippen molar-refractivity contribution in [3.63, 3.8) is 0 Å².